The van der Waals surface area contributed by atoms with Crippen molar-refractivity contribution in [2.45, 2.75) is 27.2 Å². The van der Waals surface area contributed by atoms with E-state index in [-0.39, 0.29) is 18.1 Å². The van der Waals surface area contributed by atoms with Gasteiger partial charge in [-0.2, -0.15) is 0 Å². The SMILES string of the molecule is CCC(C)(C)C(=O)OCC(=O)c1cccc(O)c1. The number of benzene rings is 1. The van der Waals surface area contributed by atoms with Gasteiger partial charge in [-0.1, -0.05) is 19.1 Å². The lowest BCUT2D eigenvalue weighted by Gasteiger charge is -2.19. The molecule has 1 N–H and O–H groups in total. The second-order valence-electron chi connectivity index (χ2n) is 4.79. The topological polar surface area (TPSA) is 63.6 Å². The predicted molar refractivity (Wildman–Crippen MR) is 67.5 cm³/mol. The minimum Gasteiger partial charge on any atom is -0.508 e. The Balaban J connectivity index is 2.60. The van der Waals surface area contributed by atoms with Crippen LogP contribution in [-0.2, 0) is 9.53 Å². The molecule has 1 aromatic rings. The molecule has 0 atom stereocenters. The van der Waals surface area contributed by atoms with Crippen LogP contribution in [0.25, 0.3) is 0 Å². The van der Waals surface area contributed by atoms with E-state index in [1.807, 2.05) is 6.92 Å². The highest BCUT2D eigenvalue weighted by molar-refractivity contribution is 5.98. The van der Waals surface area contributed by atoms with Crippen LogP contribution in [0.15, 0.2) is 24.3 Å². The number of Topliss-reactive ketones (excluding diaryl/α,β-unsaturated/α-hetero) is 1. The lowest BCUT2D eigenvalue weighted by atomic mass is 9.91. The third-order valence-corrected chi connectivity index (χ3v) is 2.94. The van der Waals surface area contributed by atoms with E-state index < -0.39 is 11.4 Å². The number of phenolic OH excluding ortho intramolecular Hbond substituents is 1. The van der Waals surface area contributed by atoms with Gasteiger partial charge in [-0.05, 0) is 32.4 Å². The van der Waals surface area contributed by atoms with Gasteiger partial charge in [0.15, 0.2) is 12.4 Å². The summed E-state index contributed by atoms with van der Waals surface area (Å²) in [6.45, 7) is 5.13. The molecule has 0 spiro atoms. The molecule has 0 aliphatic carbocycles. The maximum Gasteiger partial charge on any atom is 0.311 e. The third kappa shape index (κ3) is 3.58. The van der Waals surface area contributed by atoms with Gasteiger partial charge in [0.25, 0.3) is 0 Å². The van der Waals surface area contributed by atoms with Gasteiger partial charge in [-0.25, -0.2) is 0 Å². The maximum absolute atomic E-state index is 11.7. The van der Waals surface area contributed by atoms with Crippen molar-refractivity contribution in [3.63, 3.8) is 0 Å². The summed E-state index contributed by atoms with van der Waals surface area (Å²) in [6, 6.07) is 5.96. The molecule has 0 bridgehead atoms. The number of hydrogen-bond donors (Lipinski definition) is 1. The molecule has 0 saturated carbocycles. The highest BCUT2D eigenvalue weighted by atomic mass is 16.5. The van der Waals surface area contributed by atoms with Crippen LogP contribution in [0.5, 0.6) is 5.75 Å². The number of carbonyl (C=O) groups excluding carboxylic acids is 2. The Morgan fingerprint density at radius 1 is 1.33 bits per heavy atom. The minimum atomic E-state index is -0.584. The van der Waals surface area contributed by atoms with E-state index in [2.05, 4.69) is 0 Å². The second kappa shape index (κ2) is 5.67. The van der Waals surface area contributed by atoms with Crippen molar-refractivity contribution >= 4 is 11.8 Å². The van der Waals surface area contributed by atoms with Gasteiger partial charge in [0.05, 0.1) is 5.41 Å². The van der Waals surface area contributed by atoms with Crippen LogP contribution < -0.4 is 0 Å². The number of phenols is 1. The molecule has 18 heavy (non-hydrogen) atoms. The van der Waals surface area contributed by atoms with Crippen molar-refractivity contribution in [1.29, 1.82) is 0 Å². The van der Waals surface area contributed by atoms with Gasteiger partial charge in [0, 0.05) is 5.56 Å². The molecule has 0 aromatic heterocycles. The largest absolute Gasteiger partial charge is 0.508 e. The first kappa shape index (κ1) is 14.2. The van der Waals surface area contributed by atoms with Crippen LogP contribution in [0.3, 0.4) is 0 Å². The maximum atomic E-state index is 11.7. The number of rotatable bonds is 5. The summed E-state index contributed by atoms with van der Waals surface area (Å²) in [5, 5.41) is 9.25. The standard InChI is InChI=1S/C14H18O4/c1-4-14(2,3)13(17)18-9-12(16)10-6-5-7-11(15)8-10/h5-8,15H,4,9H2,1-3H3. The zero-order valence-corrected chi connectivity index (χ0v) is 10.9. The van der Waals surface area contributed by atoms with Gasteiger partial charge < -0.3 is 9.84 Å². The van der Waals surface area contributed by atoms with Crippen molar-refractivity contribution in [2.24, 2.45) is 5.41 Å². The molecular weight excluding hydrogens is 232 g/mol. The first-order valence-electron chi connectivity index (χ1n) is 5.86. The fraction of sp³-hybridized carbons (Fsp3) is 0.429. The van der Waals surface area contributed by atoms with Crippen LogP contribution >= 0.6 is 0 Å². The van der Waals surface area contributed by atoms with E-state index in [4.69, 9.17) is 4.74 Å². The number of ketones is 1. The zero-order valence-electron chi connectivity index (χ0n) is 10.9. The Hall–Kier alpha value is -1.84. The summed E-state index contributed by atoms with van der Waals surface area (Å²) in [5.74, 6) is -0.703. The van der Waals surface area contributed by atoms with E-state index >= 15 is 0 Å². The summed E-state index contributed by atoms with van der Waals surface area (Å²) in [7, 11) is 0. The molecule has 0 saturated heterocycles. The van der Waals surface area contributed by atoms with Gasteiger partial charge >= 0.3 is 5.97 Å². The average Bonchev–Trinajstić information content (AvgIpc) is 2.35. The molecular formula is C14H18O4. The van der Waals surface area contributed by atoms with Crippen molar-refractivity contribution in [1.82, 2.24) is 0 Å². The van der Waals surface area contributed by atoms with Crippen molar-refractivity contribution in [2.75, 3.05) is 6.61 Å². The molecule has 1 rings (SSSR count). The van der Waals surface area contributed by atoms with E-state index in [1.165, 1.54) is 12.1 Å². The summed E-state index contributed by atoms with van der Waals surface area (Å²) < 4.78 is 4.98. The molecule has 4 heteroatoms. The number of hydrogen-bond acceptors (Lipinski definition) is 4. The van der Waals surface area contributed by atoms with Crippen LogP contribution in [0, 0.1) is 5.41 Å². The van der Waals surface area contributed by atoms with Gasteiger partial charge in [0.1, 0.15) is 5.75 Å². The number of ether oxygens (including phenoxy) is 1. The molecule has 0 unspecified atom stereocenters. The van der Waals surface area contributed by atoms with Crippen LogP contribution in [0.4, 0.5) is 0 Å². The van der Waals surface area contributed by atoms with E-state index in [0.29, 0.717) is 12.0 Å². The first-order chi connectivity index (χ1) is 8.36. The van der Waals surface area contributed by atoms with Gasteiger partial charge in [0.2, 0.25) is 0 Å². The molecule has 0 fully saturated rings. The second-order valence-corrected chi connectivity index (χ2v) is 4.79. The zero-order chi connectivity index (χ0) is 13.8. The van der Waals surface area contributed by atoms with Crippen LogP contribution in [-0.4, -0.2) is 23.5 Å². The Kier molecular flexibility index (Phi) is 4.48. The van der Waals surface area contributed by atoms with Gasteiger partial charge in [-0.3, -0.25) is 9.59 Å². The number of carbonyl (C=O) groups is 2. The van der Waals surface area contributed by atoms with E-state index in [1.54, 1.807) is 26.0 Å². The summed E-state index contributed by atoms with van der Waals surface area (Å²) in [6.07, 6.45) is 0.645. The highest BCUT2D eigenvalue weighted by Gasteiger charge is 2.27. The Labute approximate surface area is 107 Å². The Morgan fingerprint density at radius 3 is 2.56 bits per heavy atom. The number of esters is 1. The molecule has 4 nitrogen and oxygen atoms in total. The molecule has 1 aromatic carbocycles. The fourth-order valence-electron chi connectivity index (χ4n) is 1.23. The monoisotopic (exact) mass is 250 g/mol. The average molecular weight is 250 g/mol. The van der Waals surface area contributed by atoms with Crippen LogP contribution in [0.2, 0.25) is 0 Å². The lowest BCUT2D eigenvalue weighted by Crippen LogP contribution is -2.27. The van der Waals surface area contributed by atoms with E-state index in [0.717, 1.165) is 0 Å². The minimum absolute atomic E-state index is 0.0149. The van der Waals surface area contributed by atoms with Crippen molar-refractivity contribution in [3.05, 3.63) is 29.8 Å². The normalized spacial score (nSPS) is 11.1. The quantitative estimate of drug-likeness (QED) is 0.644. The summed E-state index contributed by atoms with van der Waals surface area (Å²) >= 11 is 0. The Morgan fingerprint density at radius 2 is 2.00 bits per heavy atom. The molecule has 0 radical (unpaired) electrons. The first-order valence-corrected chi connectivity index (χ1v) is 5.86. The summed E-state index contributed by atoms with van der Waals surface area (Å²) in [5.41, 5.74) is -0.254. The molecule has 0 aliphatic heterocycles. The van der Waals surface area contributed by atoms with E-state index in [9.17, 15) is 14.7 Å². The fourth-order valence-corrected chi connectivity index (χ4v) is 1.23. The smallest absolute Gasteiger partial charge is 0.311 e. The summed E-state index contributed by atoms with van der Waals surface area (Å²) in [4.78, 5) is 23.4. The predicted octanol–water partition coefficient (Wildman–Crippen LogP) is 2.55. The molecule has 98 valence electrons. The van der Waals surface area contributed by atoms with Crippen molar-refractivity contribution < 1.29 is 19.4 Å². The molecule has 0 amide bonds. The highest BCUT2D eigenvalue weighted by Crippen LogP contribution is 2.21. The Bertz CT molecular complexity index is 449. The van der Waals surface area contributed by atoms with Gasteiger partial charge in [-0.15, -0.1) is 0 Å². The van der Waals surface area contributed by atoms with Crippen molar-refractivity contribution in [3.8, 4) is 5.75 Å². The molecule has 0 aliphatic rings. The third-order valence-electron chi connectivity index (χ3n) is 2.94. The number of aromatic hydroxyl groups is 1. The lowest BCUT2D eigenvalue weighted by molar-refractivity contribution is -0.152. The van der Waals surface area contributed by atoms with Crippen LogP contribution in [0.1, 0.15) is 37.6 Å². The molecule has 0 heterocycles.